The number of benzene rings is 1. The number of hydrogen-bond donors (Lipinski definition) is 2. The van der Waals surface area contributed by atoms with Gasteiger partial charge in [-0.25, -0.2) is 9.78 Å². The van der Waals surface area contributed by atoms with Gasteiger partial charge in [-0.05, 0) is 30.5 Å². The van der Waals surface area contributed by atoms with E-state index in [2.05, 4.69) is 27.8 Å². The Morgan fingerprint density at radius 2 is 2.08 bits per heavy atom. The van der Waals surface area contributed by atoms with Crippen LogP contribution in [-0.4, -0.2) is 37.9 Å². The first-order valence-electron chi connectivity index (χ1n) is 7.88. The Balaban J connectivity index is 1.69. The van der Waals surface area contributed by atoms with Crippen LogP contribution in [0, 0.1) is 0 Å². The Bertz CT molecular complexity index is 652. The van der Waals surface area contributed by atoms with E-state index in [-0.39, 0.29) is 11.4 Å². The molecule has 2 heterocycles. The molecule has 1 aliphatic rings. The van der Waals surface area contributed by atoms with Gasteiger partial charge in [0.25, 0.3) is 0 Å². The highest BCUT2D eigenvalue weighted by atomic mass is 32.1. The molecule has 0 aliphatic carbocycles. The molecular weight excluding hydrogens is 326 g/mol. The van der Waals surface area contributed by atoms with Gasteiger partial charge in [0.1, 0.15) is 5.75 Å². The smallest absolute Gasteiger partial charge is 0.321 e. The highest BCUT2D eigenvalue weighted by Crippen LogP contribution is 2.35. The summed E-state index contributed by atoms with van der Waals surface area (Å²) in [5.74, 6) is 0.829. The predicted molar refractivity (Wildman–Crippen MR) is 93.9 cm³/mol. The lowest BCUT2D eigenvalue weighted by molar-refractivity contribution is 0.0508. The third-order valence-corrected chi connectivity index (χ3v) is 5.08. The summed E-state index contributed by atoms with van der Waals surface area (Å²) in [6, 6.07) is 7.84. The lowest BCUT2D eigenvalue weighted by Gasteiger charge is -2.38. The number of nitrogens with one attached hydrogen (secondary N) is 2. The van der Waals surface area contributed by atoms with E-state index in [1.54, 1.807) is 13.3 Å². The Kier molecular flexibility index (Phi) is 5.32. The number of rotatable bonds is 5. The number of carbonyl (C=O) groups is 1. The maximum atomic E-state index is 12.1. The molecule has 24 heavy (non-hydrogen) atoms. The molecule has 0 saturated carbocycles. The zero-order chi connectivity index (χ0) is 16.8. The van der Waals surface area contributed by atoms with Gasteiger partial charge in [-0.15, -0.1) is 11.3 Å². The first-order chi connectivity index (χ1) is 11.7. The fourth-order valence-corrected chi connectivity index (χ4v) is 3.47. The summed E-state index contributed by atoms with van der Waals surface area (Å²) < 4.78 is 10.8. The van der Waals surface area contributed by atoms with Gasteiger partial charge >= 0.3 is 6.03 Å². The number of aromatic nitrogens is 1. The average molecular weight is 347 g/mol. The minimum Gasteiger partial charge on any atom is -0.497 e. The molecule has 0 atom stereocenters. The molecule has 0 radical (unpaired) electrons. The van der Waals surface area contributed by atoms with Crippen molar-refractivity contribution in [2.75, 3.05) is 32.2 Å². The molecule has 128 valence electrons. The van der Waals surface area contributed by atoms with E-state index in [1.165, 1.54) is 16.9 Å². The van der Waals surface area contributed by atoms with Gasteiger partial charge in [0.2, 0.25) is 0 Å². The molecule has 6 nitrogen and oxygen atoms in total. The van der Waals surface area contributed by atoms with Crippen LogP contribution in [0.15, 0.2) is 35.8 Å². The van der Waals surface area contributed by atoms with Gasteiger partial charge < -0.3 is 14.8 Å². The number of ether oxygens (including phenoxy) is 2. The van der Waals surface area contributed by atoms with Crippen LogP contribution in [0.3, 0.4) is 0 Å². The van der Waals surface area contributed by atoms with E-state index in [1.807, 2.05) is 17.5 Å². The predicted octanol–water partition coefficient (Wildman–Crippen LogP) is 3.02. The van der Waals surface area contributed by atoms with E-state index in [9.17, 15) is 4.79 Å². The van der Waals surface area contributed by atoms with Gasteiger partial charge in [0.15, 0.2) is 5.13 Å². The minimum absolute atomic E-state index is 0.120. The summed E-state index contributed by atoms with van der Waals surface area (Å²) in [5, 5.41) is 8.16. The quantitative estimate of drug-likeness (QED) is 0.872. The Morgan fingerprint density at radius 1 is 1.33 bits per heavy atom. The molecule has 3 rings (SSSR count). The van der Waals surface area contributed by atoms with E-state index < -0.39 is 0 Å². The zero-order valence-corrected chi connectivity index (χ0v) is 14.4. The van der Waals surface area contributed by atoms with Crippen molar-refractivity contribution in [2.45, 2.75) is 18.3 Å². The normalized spacial score (nSPS) is 16.4. The second-order valence-electron chi connectivity index (χ2n) is 5.77. The standard InChI is InChI=1S/C17H21N3O3S/c1-22-14-4-2-13(3-5-14)17(6-9-23-10-7-17)12-19-15(21)20-16-18-8-11-24-16/h2-5,8,11H,6-7,9-10,12H2,1H3,(H2,18,19,20,21). The molecule has 2 aromatic rings. The van der Waals surface area contributed by atoms with Crippen molar-refractivity contribution in [3.8, 4) is 5.75 Å². The second-order valence-corrected chi connectivity index (χ2v) is 6.66. The highest BCUT2D eigenvalue weighted by Gasteiger charge is 2.34. The highest BCUT2D eigenvalue weighted by molar-refractivity contribution is 7.13. The number of amides is 2. The lowest BCUT2D eigenvalue weighted by atomic mass is 9.74. The number of hydrogen-bond acceptors (Lipinski definition) is 5. The molecule has 1 aromatic heterocycles. The third kappa shape index (κ3) is 3.85. The number of anilines is 1. The maximum Gasteiger partial charge on any atom is 0.321 e. The van der Waals surface area contributed by atoms with Crippen molar-refractivity contribution in [3.05, 3.63) is 41.4 Å². The number of nitrogens with zero attached hydrogens (tertiary/aromatic N) is 1. The SMILES string of the molecule is COc1ccc(C2(CNC(=O)Nc3nccs3)CCOCC2)cc1. The average Bonchev–Trinajstić information content (AvgIpc) is 3.14. The Labute approximate surface area is 145 Å². The van der Waals surface area contributed by atoms with Crippen LogP contribution in [0.2, 0.25) is 0 Å². The van der Waals surface area contributed by atoms with E-state index in [4.69, 9.17) is 9.47 Å². The van der Waals surface area contributed by atoms with Crippen LogP contribution in [-0.2, 0) is 10.2 Å². The topological polar surface area (TPSA) is 72.5 Å². The molecule has 1 fully saturated rings. The summed E-state index contributed by atoms with van der Waals surface area (Å²) in [5.41, 5.74) is 1.08. The fraction of sp³-hybridized carbons (Fsp3) is 0.412. The number of urea groups is 1. The molecule has 0 bridgehead atoms. The zero-order valence-electron chi connectivity index (χ0n) is 13.6. The van der Waals surface area contributed by atoms with E-state index in [0.717, 1.165) is 18.6 Å². The lowest BCUT2D eigenvalue weighted by Crippen LogP contribution is -2.45. The second kappa shape index (κ2) is 7.63. The van der Waals surface area contributed by atoms with E-state index >= 15 is 0 Å². The summed E-state index contributed by atoms with van der Waals surface area (Å²) in [4.78, 5) is 16.2. The van der Waals surface area contributed by atoms with Gasteiger partial charge in [-0.2, -0.15) is 0 Å². The maximum absolute atomic E-state index is 12.1. The largest absolute Gasteiger partial charge is 0.497 e. The van der Waals surface area contributed by atoms with Crippen molar-refractivity contribution >= 4 is 22.5 Å². The molecule has 0 unspecified atom stereocenters. The summed E-state index contributed by atoms with van der Waals surface area (Å²) in [7, 11) is 1.66. The molecule has 1 aliphatic heterocycles. The van der Waals surface area contributed by atoms with Crippen LogP contribution in [0.5, 0.6) is 5.75 Å². The molecule has 1 saturated heterocycles. The van der Waals surface area contributed by atoms with Crippen molar-refractivity contribution in [1.29, 1.82) is 0 Å². The van der Waals surface area contributed by atoms with Crippen LogP contribution < -0.4 is 15.4 Å². The van der Waals surface area contributed by atoms with Crippen molar-refractivity contribution in [2.24, 2.45) is 0 Å². The van der Waals surface area contributed by atoms with Crippen LogP contribution in [0.4, 0.5) is 9.93 Å². The fourth-order valence-electron chi connectivity index (χ4n) is 2.95. The monoisotopic (exact) mass is 347 g/mol. The Hall–Kier alpha value is -2.12. The summed E-state index contributed by atoms with van der Waals surface area (Å²) >= 11 is 1.40. The van der Waals surface area contributed by atoms with Crippen LogP contribution >= 0.6 is 11.3 Å². The first-order valence-corrected chi connectivity index (χ1v) is 8.76. The van der Waals surface area contributed by atoms with E-state index in [0.29, 0.717) is 24.9 Å². The number of thiazole rings is 1. The Morgan fingerprint density at radius 3 is 2.71 bits per heavy atom. The van der Waals surface area contributed by atoms with Gasteiger partial charge in [0.05, 0.1) is 7.11 Å². The van der Waals surface area contributed by atoms with Crippen LogP contribution in [0.25, 0.3) is 0 Å². The first kappa shape index (κ1) is 16.7. The van der Waals surface area contributed by atoms with Gasteiger partial charge in [-0.3, -0.25) is 5.32 Å². The molecule has 2 amide bonds. The minimum atomic E-state index is -0.232. The number of methoxy groups -OCH3 is 1. The molecular formula is C17H21N3O3S. The molecule has 0 spiro atoms. The van der Waals surface area contributed by atoms with Crippen molar-refractivity contribution < 1.29 is 14.3 Å². The molecule has 1 aromatic carbocycles. The van der Waals surface area contributed by atoms with Crippen LogP contribution in [0.1, 0.15) is 18.4 Å². The summed E-state index contributed by atoms with van der Waals surface area (Å²) in [6.45, 7) is 1.95. The van der Waals surface area contributed by atoms with Gasteiger partial charge in [-0.1, -0.05) is 12.1 Å². The number of carbonyl (C=O) groups excluding carboxylic acids is 1. The third-order valence-electron chi connectivity index (χ3n) is 4.39. The van der Waals surface area contributed by atoms with Gasteiger partial charge in [0, 0.05) is 36.8 Å². The summed E-state index contributed by atoms with van der Waals surface area (Å²) in [6.07, 6.45) is 3.41. The molecule has 7 heteroatoms. The molecule has 2 N–H and O–H groups in total. The van der Waals surface area contributed by atoms with Crippen molar-refractivity contribution in [3.63, 3.8) is 0 Å². The van der Waals surface area contributed by atoms with Crippen molar-refractivity contribution in [1.82, 2.24) is 10.3 Å².